The molecule has 0 aliphatic rings. The van der Waals surface area contributed by atoms with Gasteiger partial charge in [-0.15, -0.1) is 0 Å². The van der Waals surface area contributed by atoms with E-state index in [-0.39, 0.29) is 0 Å². The smallest absolute Gasteiger partial charge is 0.0837 e. The lowest BCUT2D eigenvalue weighted by Crippen LogP contribution is -2.08. The Labute approximate surface area is 90.6 Å². The van der Waals surface area contributed by atoms with Crippen molar-refractivity contribution in [3.05, 3.63) is 0 Å². The van der Waals surface area contributed by atoms with E-state index in [1.807, 2.05) is 0 Å². The summed E-state index contributed by atoms with van der Waals surface area (Å²) in [5, 5.41) is 0. The van der Waals surface area contributed by atoms with E-state index < -0.39 is 3.79 Å². The summed E-state index contributed by atoms with van der Waals surface area (Å²) in [6.07, 6.45) is 5.62. The fourth-order valence-electron chi connectivity index (χ4n) is 1.24. The predicted octanol–water partition coefficient (Wildman–Crippen LogP) is 4.96. The molecular formula is C9H17Cl3. The molecule has 3 heteroatoms. The largest absolute Gasteiger partial charge is 0.190 e. The Morgan fingerprint density at radius 3 is 2.17 bits per heavy atom. The predicted molar refractivity (Wildman–Crippen MR) is 58.2 cm³/mol. The maximum absolute atomic E-state index is 5.67. The molecule has 0 saturated carbocycles. The van der Waals surface area contributed by atoms with Crippen LogP contribution in [0.2, 0.25) is 0 Å². The first kappa shape index (κ1) is 12.9. The van der Waals surface area contributed by atoms with Crippen molar-refractivity contribution in [2.45, 2.75) is 49.7 Å². The van der Waals surface area contributed by atoms with Gasteiger partial charge in [0.25, 0.3) is 0 Å². The van der Waals surface area contributed by atoms with Crippen molar-refractivity contribution >= 4 is 34.8 Å². The highest BCUT2D eigenvalue weighted by molar-refractivity contribution is 6.67. The van der Waals surface area contributed by atoms with E-state index in [1.54, 1.807) is 0 Å². The Morgan fingerprint density at radius 2 is 1.75 bits per heavy atom. The van der Waals surface area contributed by atoms with Crippen LogP contribution in [0.1, 0.15) is 46.0 Å². The molecule has 0 radical (unpaired) electrons. The highest BCUT2D eigenvalue weighted by atomic mass is 35.6. The molecule has 0 bridgehead atoms. The maximum Gasteiger partial charge on any atom is 0.190 e. The molecule has 0 aromatic rings. The van der Waals surface area contributed by atoms with Crippen molar-refractivity contribution in [3.8, 4) is 0 Å². The van der Waals surface area contributed by atoms with Crippen LogP contribution >= 0.6 is 34.8 Å². The van der Waals surface area contributed by atoms with Gasteiger partial charge in [0.05, 0.1) is 0 Å². The van der Waals surface area contributed by atoms with Crippen LogP contribution in [0.15, 0.2) is 0 Å². The van der Waals surface area contributed by atoms with E-state index in [4.69, 9.17) is 34.8 Å². The fraction of sp³-hybridized carbons (Fsp3) is 1.00. The molecule has 0 rings (SSSR count). The van der Waals surface area contributed by atoms with Crippen LogP contribution in [-0.2, 0) is 0 Å². The number of alkyl halides is 3. The van der Waals surface area contributed by atoms with Crippen LogP contribution in [0, 0.1) is 5.92 Å². The molecular weight excluding hydrogens is 214 g/mol. The van der Waals surface area contributed by atoms with Crippen molar-refractivity contribution in [2.24, 2.45) is 5.92 Å². The lowest BCUT2D eigenvalue weighted by Gasteiger charge is -2.16. The molecule has 0 aliphatic heterocycles. The third-order valence-electron chi connectivity index (χ3n) is 1.88. The first-order valence-electron chi connectivity index (χ1n) is 4.52. The maximum atomic E-state index is 5.67. The molecule has 0 aliphatic carbocycles. The second-order valence-electron chi connectivity index (χ2n) is 3.42. The summed E-state index contributed by atoms with van der Waals surface area (Å²) in [6, 6.07) is 0. The van der Waals surface area contributed by atoms with Crippen LogP contribution < -0.4 is 0 Å². The lowest BCUT2D eigenvalue weighted by atomic mass is 10.0. The number of rotatable bonds is 5. The minimum atomic E-state index is -1.06. The molecule has 0 aromatic heterocycles. The Morgan fingerprint density at radius 1 is 1.17 bits per heavy atom. The summed E-state index contributed by atoms with van der Waals surface area (Å²) < 4.78 is -1.06. The number of hydrogen-bond donors (Lipinski definition) is 0. The first-order chi connectivity index (χ1) is 5.45. The van der Waals surface area contributed by atoms with Crippen molar-refractivity contribution in [1.82, 2.24) is 0 Å². The quantitative estimate of drug-likeness (QED) is 0.463. The summed E-state index contributed by atoms with van der Waals surface area (Å²) in [5.41, 5.74) is 0. The minimum absolute atomic E-state index is 0.518. The third-order valence-corrected chi connectivity index (χ3v) is 2.34. The van der Waals surface area contributed by atoms with Crippen LogP contribution in [0.5, 0.6) is 0 Å². The highest BCUT2D eigenvalue weighted by Gasteiger charge is 2.22. The Hall–Kier alpha value is 0.870. The Balaban J connectivity index is 3.40. The van der Waals surface area contributed by atoms with Crippen molar-refractivity contribution in [2.75, 3.05) is 0 Å². The Bertz CT molecular complexity index is 107. The molecule has 12 heavy (non-hydrogen) atoms. The van der Waals surface area contributed by atoms with Gasteiger partial charge in [0.1, 0.15) is 0 Å². The standard InChI is InChI=1S/C9H17Cl3/c1-3-4-5-6-8(2)7-9(10,11)12/h8H,3-7H2,1-2H3. The molecule has 0 nitrogen and oxygen atoms in total. The van der Waals surface area contributed by atoms with E-state index in [1.165, 1.54) is 25.7 Å². The van der Waals surface area contributed by atoms with Gasteiger partial charge in [-0.2, -0.15) is 0 Å². The van der Waals surface area contributed by atoms with Gasteiger partial charge in [-0.3, -0.25) is 0 Å². The molecule has 0 N–H and O–H groups in total. The summed E-state index contributed by atoms with van der Waals surface area (Å²) in [6.45, 7) is 4.33. The van der Waals surface area contributed by atoms with Gasteiger partial charge in [0, 0.05) is 0 Å². The molecule has 0 saturated heterocycles. The lowest BCUT2D eigenvalue weighted by molar-refractivity contribution is 0.469. The van der Waals surface area contributed by atoms with Crippen LogP contribution in [0.4, 0.5) is 0 Å². The topological polar surface area (TPSA) is 0 Å². The molecule has 0 aromatic carbocycles. The highest BCUT2D eigenvalue weighted by Crippen LogP contribution is 2.34. The number of hydrogen-bond acceptors (Lipinski definition) is 0. The van der Waals surface area contributed by atoms with Crippen LogP contribution in [-0.4, -0.2) is 3.79 Å². The zero-order chi connectivity index (χ0) is 9.61. The van der Waals surface area contributed by atoms with Gasteiger partial charge in [-0.1, -0.05) is 74.3 Å². The average Bonchev–Trinajstić information content (AvgIpc) is 1.84. The van der Waals surface area contributed by atoms with E-state index >= 15 is 0 Å². The monoisotopic (exact) mass is 230 g/mol. The van der Waals surface area contributed by atoms with Crippen LogP contribution in [0.3, 0.4) is 0 Å². The number of halogens is 3. The van der Waals surface area contributed by atoms with Gasteiger partial charge in [-0.25, -0.2) is 0 Å². The van der Waals surface area contributed by atoms with Gasteiger partial charge >= 0.3 is 0 Å². The summed E-state index contributed by atoms with van der Waals surface area (Å²) in [4.78, 5) is 0. The third kappa shape index (κ3) is 8.96. The molecule has 0 amide bonds. The molecule has 0 spiro atoms. The molecule has 0 heterocycles. The van der Waals surface area contributed by atoms with Crippen molar-refractivity contribution in [1.29, 1.82) is 0 Å². The SMILES string of the molecule is CCCCCC(C)CC(Cl)(Cl)Cl. The minimum Gasteiger partial charge on any atom is -0.0837 e. The summed E-state index contributed by atoms with van der Waals surface area (Å²) >= 11 is 17.0. The molecule has 1 atom stereocenters. The molecule has 1 unspecified atom stereocenters. The van der Waals surface area contributed by atoms with Gasteiger partial charge < -0.3 is 0 Å². The van der Waals surface area contributed by atoms with Gasteiger partial charge in [-0.05, 0) is 12.3 Å². The average molecular weight is 232 g/mol. The Kier molecular flexibility index (Phi) is 6.80. The second-order valence-corrected chi connectivity index (χ2v) is 5.94. The van der Waals surface area contributed by atoms with Crippen molar-refractivity contribution in [3.63, 3.8) is 0 Å². The summed E-state index contributed by atoms with van der Waals surface area (Å²) in [5.74, 6) is 0.518. The summed E-state index contributed by atoms with van der Waals surface area (Å²) in [7, 11) is 0. The fourth-order valence-corrected chi connectivity index (χ4v) is 2.03. The zero-order valence-electron chi connectivity index (χ0n) is 7.75. The zero-order valence-corrected chi connectivity index (χ0v) is 10.0. The van der Waals surface area contributed by atoms with Gasteiger partial charge in [0.15, 0.2) is 3.79 Å². The van der Waals surface area contributed by atoms with Crippen LogP contribution in [0.25, 0.3) is 0 Å². The van der Waals surface area contributed by atoms with E-state index in [0.717, 1.165) is 0 Å². The normalized spacial score (nSPS) is 14.8. The number of unbranched alkanes of at least 4 members (excludes halogenated alkanes) is 2. The molecule has 0 fully saturated rings. The first-order valence-corrected chi connectivity index (χ1v) is 5.66. The van der Waals surface area contributed by atoms with E-state index in [0.29, 0.717) is 12.3 Å². The van der Waals surface area contributed by atoms with Crippen molar-refractivity contribution < 1.29 is 0 Å². The van der Waals surface area contributed by atoms with E-state index in [9.17, 15) is 0 Å². The molecule has 74 valence electrons. The second kappa shape index (κ2) is 6.34. The van der Waals surface area contributed by atoms with Gasteiger partial charge in [0.2, 0.25) is 0 Å². The van der Waals surface area contributed by atoms with E-state index in [2.05, 4.69) is 13.8 Å².